The second kappa shape index (κ2) is 2.65. The summed E-state index contributed by atoms with van der Waals surface area (Å²) in [6.45, 7) is 6.16. The van der Waals surface area contributed by atoms with Gasteiger partial charge >= 0.3 is 10.1 Å². The van der Waals surface area contributed by atoms with Crippen molar-refractivity contribution in [2.75, 3.05) is 0 Å². The van der Waals surface area contributed by atoms with E-state index in [9.17, 15) is 8.42 Å². The largest absolute Gasteiger partial charge is 0.352 e. The van der Waals surface area contributed by atoms with Gasteiger partial charge in [0, 0.05) is 0 Å². The van der Waals surface area contributed by atoms with Gasteiger partial charge in [0.1, 0.15) is 0 Å². The molecule has 9 heavy (non-hydrogen) atoms. The van der Waals surface area contributed by atoms with Gasteiger partial charge in [-0.15, -0.1) is 0 Å². The molecule has 0 heterocycles. The first-order valence-electron chi connectivity index (χ1n) is 2.02. The molecule has 0 radical (unpaired) electrons. The predicted molar refractivity (Wildman–Crippen MR) is 34.0 cm³/mol. The van der Waals surface area contributed by atoms with E-state index in [1.807, 2.05) is 0 Å². The van der Waals surface area contributed by atoms with E-state index in [0.29, 0.717) is 0 Å². The smallest absolute Gasteiger partial charge is 0.309 e. The van der Waals surface area contributed by atoms with Crippen molar-refractivity contribution in [3.63, 3.8) is 0 Å². The van der Waals surface area contributed by atoms with Crippen molar-refractivity contribution in [3.05, 3.63) is 24.4 Å². The van der Waals surface area contributed by atoms with Crippen LogP contribution in [-0.2, 0) is 10.1 Å². The molecular formula is C4H7NO3S. The molecule has 0 bridgehead atoms. The lowest BCUT2D eigenvalue weighted by Crippen LogP contribution is -2.12. The first-order valence-corrected chi connectivity index (χ1v) is 3.46. The molecular weight excluding hydrogens is 142 g/mol. The maximum absolute atomic E-state index is 10.1. The van der Waals surface area contributed by atoms with E-state index >= 15 is 0 Å². The van der Waals surface area contributed by atoms with Crippen molar-refractivity contribution in [2.24, 2.45) is 0 Å². The summed E-state index contributed by atoms with van der Waals surface area (Å²) in [5.74, 6) is 0. The Morgan fingerprint density at radius 1 is 1.67 bits per heavy atom. The Morgan fingerprint density at radius 3 is 2.22 bits per heavy atom. The molecule has 0 rings (SSSR count). The van der Waals surface area contributed by atoms with E-state index in [2.05, 4.69) is 18.5 Å². The van der Waals surface area contributed by atoms with Crippen LogP contribution in [0.25, 0.3) is 0 Å². The quantitative estimate of drug-likeness (QED) is 0.557. The fraction of sp³-hybridized carbons (Fsp3) is 0. The molecule has 5 heteroatoms. The molecule has 0 aliphatic rings. The summed E-state index contributed by atoms with van der Waals surface area (Å²) in [5.41, 5.74) is 0. The summed E-state index contributed by atoms with van der Waals surface area (Å²) in [4.78, 5) is 0. The van der Waals surface area contributed by atoms with Gasteiger partial charge in [-0.3, -0.25) is 4.55 Å². The molecule has 0 aromatic carbocycles. The third-order valence-electron chi connectivity index (χ3n) is 0.574. The lowest BCUT2D eigenvalue weighted by molar-refractivity contribution is 0.489. The van der Waals surface area contributed by atoms with Gasteiger partial charge < -0.3 is 5.32 Å². The van der Waals surface area contributed by atoms with Gasteiger partial charge in [-0.05, 0) is 6.20 Å². The van der Waals surface area contributed by atoms with Crippen molar-refractivity contribution in [3.8, 4) is 0 Å². The Morgan fingerprint density at radius 2 is 2.11 bits per heavy atom. The number of rotatable bonds is 3. The number of hydrogen-bond acceptors (Lipinski definition) is 3. The zero-order chi connectivity index (χ0) is 7.49. The Labute approximate surface area is 53.6 Å². The third kappa shape index (κ3) is 2.89. The molecule has 4 nitrogen and oxygen atoms in total. The molecule has 0 spiro atoms. The fourth-order valence-corrected chi connectivity index (χ4v) is 0.421. The van der Waals surface area contributed by atoms with Crippen LogP contribution in [0.3, 0.4) is 0 Å². The molecule has 0 aromatic heterocycles. The molecule has 0 fully saturated rings. The van der Waals surface area contributed by atoms with E-state index in [0.717, 1.165) is 6.20 Å². The Kier molecular flexibility index (Phi) is 2.41. The molecule has 2 N–H and O–H groups in total. The minimum atomic E-state index is -4.14. The molecule has 52 valence electrons. The monoisotopic (exact) mass is 149 g/mol. The molecule has 0 aliphatic carbocycles. The zero-order valence-corrected chi connectivity index (χ0v) is 5.48. The lowest BCUT2D eigenvalue weighted by Gasteiger charge is -1.97. The van der Waals surface area contributed by atoms with E-state index in [1.165, 1.54) is 0 Å². The maximum Gasteiger partial charge on any atom is 0.309 e. The first-order chi connectivity index (χ1) is 3.98. The van der Waals surface area contributed by atoms with Crippen molar-refractivity contribution in [1.82, 2.24) is 5.32 Å². The molecule has 0 unspecified atom stereocenters. The van der Waals surface area contributed by atoms with Crippen molar-refractivity contribution >= 4 is 10.1 Å². The Balaban J connectivity index is 4.24. The van der Waals surface area contributed by atoms with Gasteiger partial charge in [-0.1, -0.05) is 13.2 Å². The Hall–Kier alpha value is -0.810. The van der Waals surface area contributed by atoms with Crippen molar-refractivity contribution in [2.45, 2.75) is 0 Å². The van der Waals surface area contributed by atoms with Crippen LogP contribution in [0.4, 0.5) is 0 Å². The molecule has 0 saturated carbocycles. The molecule has 0 aromatic rings. The minimum absolute atomic E-state index is 0.475. The summed E-state index contributed by atoms with van der Waals surface area (Å²) in [5, 5.41) is 1.64. The second-order valence-electron chi connectivity index (χ2n) is 1.25. The summed E-state index contributed by atoms with van der Waals surface area (Å²) in [6.07, 6.45) is 1.11. The lowest BCUT2D eigenvalue weighted by atomic mass is 10.9. The van der Waals surface area contributed by atoms with E-state index < -0.39 is 15.1 Å². The van der Waals surface area contributed by atoms with E-state index in [-0.39, 0.29) is 0 Å². The fourth-order valence-electron chi connectivity index (χ4n) is 0.188. The van der Waals surface area contributed by atoms with Crippen LogP contribution in [-0.4, -0.2) is 13.0 Å². The van der Waals surface area contributed by atoms with Crippen LogP contribution in [0.5, 0.6) is 0 Å². The van der Waals surface area contributed by atoms with Crippen molar-refractivity contribution < 1.29 is 13.0 Å². The summed E-state index contributed by atoms with van der Waals surface area (Å²) in [7, 11) is -4.14. The van der Waals surface area contributed by atoms with Crippen LogP contribution < -0.4 is 5.32 Å². The van der Waals surface area contributed by atoms with Crippen LogP contribution in [0.1, 0.15) is 0 Å². The molecule has 0 atom stereocenters. The minimum Gasteiger partial charge on any atom is -0.352 e. The van der Waals surface area contributed by atoms with E-state index in [1.54, 1.807) is 0 Å². The molecule has 0 aliphatic heterocycles. The average molecular weight is 149 g/mol. The molecule has 0 saturated heterocycles. The van der Waals surface area contributed by atoms with E-state index in [4.69, 9.17) is 4.55 Å². The highest BCUT2D eigenvalue weighted by atomic mass is 32.2. The zero-order valence-electron chi connectivity index (χ0n) is 4.66. The highest BCUT2D eigenvalue weighted by Gasteiger charge is 2.06. The van der Waals surface area contributed by atoms with Gasteiger partial charge in [0.15, 0.2) is 5.03 Å². The number of hydrogen-bond donors (Lipinski definition) is 2. The van der Waals surface area contributed by atoms with Crippen LogP contribution in [0.15, 0.2) is 24.4 Å². The van der Waals surface area contributed by atoms with Gasteiger partial charge in [0.25, 0.3) is 0 Å². The first kappa shape index (κ1) is 8.19. The standard InChI is InChI=1S/C4H7NO3S/c1-3-5-4(2)9(6,7)8/h3,5H,1-2H2,(H,6,7,8). The summed E-state index contributed by atoms with van der Waals surface area (Å²) < 4.78 is 28.3. The highest BCUT2D eigenvalue weighted by molar-refractivity contribution is 7.89. The third-order valence-corrected chi connectivity index (χ3v) is 1.32. The van der Waals surface area contributed by atoms with Gasteiger partial charge in [0.05, 0.1) is 0 Å². The highest BCUT2D eigenvalue weighted by Crippen LogP contribution is 1.93. The van der Waals surface area contributed by atoms with Crippen LogP contribution in [0, 0.1) is 0 Å². The predicted octanol–water partition coefficient (Wildman–Crippen LogP) is 0.0785. The normalized spacial score (nSPS) is 10.3. The van der Waals surface area contributed by atoms with Crippen LogP contribution in [0.2, 0.25) is 0 Å². The van der Waals surface area contributed by atoms with Crippen LogP contribution >= 0.6 is 0 Å². The Bertz CT molecular complexity index is 216. The SMILES string of the molecule is C=CNC(=C)S(=O)(=O)O. The molecule has 0 amide bonds. The average Bonchev–Trinajstić information content (AvgIpc) is 1.64. The maximum atomic E-state index is 10.1. The summed E-state index contributed by atoms with van der Waals surface area (Å²) >= 11 is 0. The second-order valence-corrected chi connectivity index (χ2v) is 2.69. The van der Waals surface area contributed by atoms with Gasteiger partial charge in [0.2, 0.25) is 0 Å². The topological polar surface area (TPSA) is 66.4 Å². The van der Waals surface area contributed by atoms with Gasteiger partial charge in [-0.25, -0.2) is 0 Å². The van der Waals surface area contributed by atoms with Crippen molar-refractivity contribution in [1.29, 1.82) is 0 Å². The van der Waals surface area contributed by atoms with Gasteiger partial charge in [-0.2, -0.15) is 8.42 Å². The summed E-state index contributed by atoms with van der Waals surface area (Å²) in [6, 6.07) is 0. The number of nitrogens with one attached hydrogen (secondary N) is 1.